The number of aryl methyl sites for hydroxylation is 1. The van der Waals surface area contributed by atoms with Gasteiger partial charge in [-0.05, 0) is 19.1 Å². The van der Waals surface area contributed by atoms with Crippen molar-refractivity contribution >= 4 is 5.91 Å². The van der Waals surface area contributed by atoms with Crippen LogP contribution in [0.25, 0.3) is 11.5 Å². The van der Waals surface area contributed by atoms with Gasteiger partial charge in [-0.1, -0.05) is 18.2 Å². The van der Waals surface area contributed by atoms with E-state index in [1.807, 2.05) is 37.3 Å². The molecule has 0 saturated carbocycles. The highest BCUT2D eigenvalue weighted by molar-refractivity contribution is 5.77. The first kappa shape index (κ1) is 13.3. The van der Waals surface area contributed by atoms with Crippen LogP contribution in [0.3, 0.4) is 0 Å². The van der Waals surface area contributed by atoms with Gasteiger partial charge in [0.05, 0.1) is 12.2 Å². The summed E-state index contributed by atoms with van der Waals surface area (Å²) < 4.78 is 5.63. The summed E-state index contributed by atoms with van der Waals surface area (Å²) in [5, 5.41) is 5.58. The summed E-state index contributed by atoms with van der Waals surface area (Å²) in [6.45, 7) is 2.65. The van der Waals surface area contributed by atoms with E-state index in [0.29, 0.717) is 12.4 Å². The fraction of sp³-hybridized carbons (Fsp3) is 0.286. The van der Waals surface area contributed by atoms with Crippen molar-refractivity contribution in [3.05, 3.63) is 41.8 Å². The lowest BCUT2D eigenvalue weighted by molar-refractivity contribution is -0.119. The smallest absolute Gasteiger partial charge is 0.233 e. The normalized spacial score (nSPS) is 10.4. The maximum absolute atomic E-state index is 11.1. The quantitative estimate of drug-likeness (QED) is 0.853. The van der Waals surface area contributed by atoms with E-state index in [-0.39, 0.29) is 12.5 Å². The number of benzene rings is 1. The molecule has 2 aromatic rings. The Morgan fingerprint density at radius 1 is 1.32 bits per heavy atom. The molecule has 2 N–H and O–H groups in total. The second kappa shape index (κ2) is 6.15. The molecule has 0 radical (unpaired) electrons. The maximum atomic E-state index is 11.1. The molecule has 0 aliphatic heterocycles. The predicted molar refractivity (Wildman–Crippen MR) is 72.4 cm³/mol. The number of aromatic nitrogens is 1. The third kappa shape index (κ3) is 3.42. The summed E-state index contributed by atoms with van der Waals surface area (Å²) in [4.78, 5) is 15.5. The first-order valence-electron chi connectivity index (χ1n) is 6.13. The fourth-order valence-corrected chi connectivity index (χ4v) is 1.68. The van der Waals surface area contributed by atoms with Gasteiger partial charge in [-0.3, -0.25) is 4.79 Å². The van der Waals surface area contributed by atoms with Crippen LogP contribution in [-0.4, -0.2) is 24.5 Å². The average molecular weight is 259 g/mol. The number of nitrogens with one attached hydrogen (secondary N) is 2. The van der Waals surface area contributed by atoms with Gasteiger partial charge in [0.25, 0.3) is 0 Å². The maximum Gasteiger partial charge on any atom is 0.233 e. The second-order valence-corrected chi connectivity index (χ2v) is 4.16. The Balaban J connectivity index is 2.03. The Morgan fingerprint density at radius 3 is 2.74 bits per heavy atom. The van der Waals surface area contributed by atoms with Crippen molar-refractivity contribution in [2.24, 2.45) is 0 Å². The first-order chi connectivity index (χ1) is 9.20. The Bertz CT molecular complexity index is 549. The SMILES string of the molecule is CNC(=O)CNCc1nc(-c2ccccc2)oc1C. The monoisotopic (exact) mass is 259 g/mol. The minimum atomic E-state index is -0.0515. The Labute approximate surface area is 112 Å². The molecule has 19 heavy (non-hydrogen) atoms. The van der Waals surface area contributed by atoms with E-state index < -0.39 is 0 Å². The molecule has 0 aliphatic rings. The molecule has 0 spiro atoms. The largest absolute Gasteiger partial charge is 0.441 e. The Hall–Kier alpha value is -2.14. The van der Waals surface area contributed by atoms with Gasteiger partial charge in [-0.25, -0.2) is 4.98 Å². The zero-order valence-electron chi connectivity index (χ0n) is 11.1. The summed E-state index contributed by atoms with van der Waals surface area (Å²) in [5.41, 5.74) is 1.77. The van der Waals surface area contributed by atoms with Crippen LogP contribution in [0, 0.1) is 6.92 Å². The molecule has 2 rings (SSSR count). The van der Waals surface area contributed by atoms with Crippen molar-refractivity contribution in [1.82, 2.24) is 15.6 Å². The van der Waals surface area contributed by atoms with Crippen LogP contribution in [0.4, 0.5) is 0 Å². The van der Waals surface area contributed by atoms with E-state index >= 15 is 0 Å². The lowest BCUT2D eigenvalue weighted by atomic mass is 10.2. The van der Waals surface area contributed by atoms with E-state index in [1.165, 1.54) is 0 Å². The van der Waals surface area contributed by atoms with Gasteiger partial charge in [0.2, 0.25) is 11.8 Å². The topological polar surface area (TPSA) is 67.2 Å². The highest BCUT2D eigenvalue weighted by Gasteiger charge is 2.10. The van der Waals surface area contributed by atoms with Crippen LogP contribution in [0.15, 0.2) is 34.7 Å². The van der Waals surface area contributed by atoms with Crippen molar-refractivity contribution in [2.75, 3.05) is 13.6 Å². The van der Waals surface area contributed by atoms with Crippen molar-refractivity contribution in [1.29, 1.82) is 0 Å². The lowest BCUT2D eigenvalue weighted by Gasteiger charge is -2.01. The number of carbonyl (C=O) groups excluding carboxylic acids is 1. The predicted octanol–water partition coefficient (Wildman–Crippen LogP) is 1.49. The third-order valence-electron chi connectivity index (χ3n) is 2.77. The standard InChI is InChI=1S/C14H17N3O2/c1-10-12(8-16-9-13(18)15-2)17-14(19-10)11-6-4-3-5-7-11/h3-7,16H,8-9H2,1-2H3,(H,15,18). The molecule has 0 unspecified atom stereocenters. The number of oxazole rings is 1. The fourth-order valence-electron chi connectivity index (χ4n) is 1.68. The van der Waals surface area contributed by atoms with Crippen LogP contribution in [0.5, 0.6) is 0 Å². The van der Waals surface area contributed by atoms with Gasteiger partial charge in [-0.2, -0.15) is 0 Å². The number of likely N-dealkylation sites (N-methyl/N-ethyl adjacent to an activating group) is 1. The molecule has 0 atom stereocenters. The van der Waals surface area contributed by atoms with Crippen molar-refractivity contribution in [2.45, 2.75) is 13.5 Å². The summed E-state index contributed by atoms with van der Waals surface area (Å²) >= 11 is 0. The van der Waals surface area contributed by atoms with Crippen molar-refractivity contribution in [3.8, 4) is 11.5 Å². The molecular formula is C14H17N3O2. The summed E-state index contributed by atoms with van der Waals surface area (Å²) in [6, 6.07) is 9.74. The van der Waals surface area contributed by atoms with E-state index in [1.54, 1.807) is 7.05 Å². The van der Waals surface area contributed by atoms with Gasteiger partial charge in [0.1, 0.15) is 5.76 Å². The summed E-state index contributed by atoms with van der Waals surface area (Å²) in [6.07, 6.45) is 0. The molecular weight excluding hydrogens is 242 g/mol. The summed E-state index contributed by atoms with van der Waals surface area (Å²) in [7, 11) is 1.61. The van der Waals surface area contributed by atoms with Gasteiger partial charge < -0.3 is 15.1 Å². The molecule has 5 nitrogen and oxygen atoms in total. The van der Waals surface area contributed by atoms with Gasteiger partial charge >= 0.3 is 0 Å². The van der Waals surface area contributed by atoms with E-state index in [4.69, 9.17) is 4.42 Å². The van der Waals surface area contributed by atoms with Crippen molar-refractivity contribution in [3.63, 3.8) is 0 Å². The average Bonchev–Trinajstić information content (AvgIpc) is 2.81. The number of amides is 1. The third-order valence-corrected chi connectivity index (χ3v) is 2.77. The minimum Gasteiger partial charge on any atom is -0.441 e. The number of hydrogen-bond acceptors (Lipinski definition) is 4. The zero-order chi connectivity index (χ0) is 13.7. The van der Waals surface area contributed by atoms with E-state index in [9.17, 15) is 4.79 Å². The Morgan fingerprint density at radius 2 is 2.05 bits per heavy atom. The molecule has 1 amide bonds. The van der Waals surface area contributed by atoms with Crippen LogP contribution < -0.4 is 10.6 Å². The highest BCUT2D eigenvalue weighted by Crippen LogP contribution is 2.21. The van der Waals surface area contributed by atoms with Crippen LogP contribution in [0.1, 0.15) is 11.5 Å². The number of nitrogens with zero attached hydrogens (tertiary/aromatic N) is 1. The zero-order valence-corrected chi connectivity index (χ0v) is 11.1. The van der Waals surface area contributed by atoms with Crippen LogP contribution >= 0.6 is 0 Å². The van der Waals surface area contributed by atoms with Gasteiger partial charge in [0.15, 0.2) is 0 Å². The molecule has 1 aromatic carbocycles. The molecule has 0 aliphatic carbocycles. The lowest BCUT2D eigenvalue weighted by Crippen LogP contribution is -2.31. The highest BCUT2D eigenvalue weighted by atomic mass is 16.4. The molecule has 0 saturated heterocycles. The summed E-state index contributed by atoms with van der Waals surface area (Å²) in [5.74, 6) is 1.32. The number of hydrogen-bond donors (Lipinski definition) is 2. The minimum absolute atomic E-state index is 0.0515. The van der Waals surface area contributed by atoms with E-state index in [0.717, 1.165) is 17.0 Å². The molecule has 1 heterocycles. The van der Waals surface area contributed by atoms with Crippen molar-refractivity contribution < 1.29 is 9.21 Å². The van der Waals surface area contributed by atoms with Crippen LogP contribution in [0.2, 0.25) is 0 Å². The van der Waals surface area contributed by atoms with Gasteiger partial charge in [-0.15, -0.1) is 0 Å². The van der Waals surface area contributed by atoms with E-state index in [2.05, 4.69) is 15.6 Å². The Kier molecular flexibility index (Phi) is 4.30. The van der Waals surface area contributed by atoms with Gasteiger partial charge in [0, 0.05) is 19.2 Å². The molecule has 5 heteroatoms. The van der Waals surface area contributed by atoms with Crippen LogP contribution in [-0.2, 0) is 11.3 Å². The first-order valence-corrected chi connectivity index (χ1v) is 6.13. The molecule has 100 valence electrons. The number of rotatable bonds is 5. The number of carbonyl (C=O) groups is 1. The molecule has 0 fully saturated rings. The molecule has 0 bridgehead atoms. The second-order valence-electron chi connectivity index (χ2n) is 4.16. The molecule has 1 aromatic heterocycles.